The van der Waals surface area contributed by atoms with Crippen LogP contribution in [-0.2, 0) is 28.9 Å². The maximum absolute atomic E-state index is 13.6. The van der Waals surface area contributed by atoms with Crippen LogP contribution in [0.25, 0.3) is 10.2 Å². The highest BCUT2D eigenvalue weighted by Gasteiger charge is 2.28. The number of aryl methyl sites for hydroxylation is 1. The number of fused-ring (bicyclic) bond motifs is 3. The van der Waals surface area contributed by atoms with Crippen LogP contribution in [0, 0.1) is 5.92 Å². The number of thioether (sulfide) groups is 1. The second-order valence-corrected chi connectivity index (χ2v) is 11.0. The molecule has 2 aromatic heterocycles. The molecule has 5 rings (SSSR count). The third-order valence-electron chi connectivity index (χ3n) is 6.48. The second-order valence-electron chi connectivity index (χ2n) is 8.88. The molecule has 0 saturated carbocycles. The third kappa shape index (κ3) is 4.20. The molecule has 1 N–H and O–H groups in total. The zero-order valence-electron chi connectivity index (χ0n) is 18.2. The van der Waals surface area contributed by atoms with Gasteiger partial charge in [0.15, 0.2) is 5.16 Å². The molecule has 2 aliphatic heterocycles. The summed E-state index contributed by atoms with van der Waals surface area (Å²) in [6.45, 7) is 3.99. The number of hydrogen-bond acceptors (Lipinski definition) is 7. The normalized spacial score (nSPS) is 23.2. The van der Waals surface area contributed by atoms with Crippen LogP contribution < -0.4 is 10.9 Å². The second kappa shape index (κ2) is 9.15. The summed E-state index contributed by atoms with van der Waals surface area (Å²) in [5.41, 5.74) is 1.26. The molecule has 10 heteroatoms. The van der Waals surface area contributed by atoms with Gasteiger partial charge in [-0.3, -0.25) is 19.1 Å². The zero-order chi connectivity index (χ0) is 22.2. The topological polar surface area (TPSA) is 93.5 Å². The quantitative estimate of drug-likeness (QED) is 0.286. The average molecular weight is 477 g/mol. The van der Waals surface area contributed by atoms with Crippen molar-refractivity contribution in [2.24, 2.45) is 5.92 Å². The van der Waals surface area contributed by atoms with Crippen molar-refractivity contribution in [1.82, 2.24) is 19.8 Å². The van der Waals surface area contributed by atoms with Crippen molar-refractivity contribution in [3.63, 3.8) is 0 Å². The van der Waals surface area contributed by atoms with E-state index >= 15 is 0 Å². The van der Waals surface area contributed by atoms with Crippen molar-refractivity contribution in [2.45, 2.75) is 63.3 Å². The molecule has 2 aromatic rings. The van der Waals surface area contributed by atoms with Gasteiger partial charge in [0.05, 0.1) is 24.6 Å². The number of ether oxygens (including phenoxy) is 1. The molecule has 8 nitrogen and oxygen atoms in total. The number of urea groups is 1. The van der Waals surface area contributed by atoms with E-state index in [1.807, 2.05) is 4.57 Å². The minimum absolute atomic E-state index is 0.0479. The summed E-state index contributed by atoms with van der Waals surface area (Å²) in [7, 11) is 0. The smallest absolute Gasteiger partial charge is 0.324 e. The van der Waals surface area contributed by atoms with Gasteiger partial charge in [-0.15, -0.1) is 11.3 Å². The van der Waals surface area contributed by atoms with Gasteiger partial charge in [0, 0.05) is 23.8 Å². The van der Waals surface area contributed by atoms with Crippen LogP contribution in [0.1, 0.15) is 43.0 Å². The highest BCUT2D eigenvalue weighted by atomic mass is 32.2. The zero-order valence-corrected chi connectivity index (χ0v) is 19.9. The summed E-state index contributed by atoms with van der Waals surface area (Å²) >= 11 is 3.19. The van der Waals surface area contributed by atoms with Crippen molar-refractivity contribution in [1.29, 1.82) is 0 Å². The number of imide groups is 1. The van der Waals surface area contributed by atoms with E-state index < -0.39 is 0 Å². The number of carbonyl (C=O) groups excluding carboxylic acids is 2. The minimum Gasteiger partial charge on any atom is -0.376 e. The van der Waals surface area contributed by atoms with Crippen molar-refractivity contribution in [3.05, 3.63) is 20.8 Å². The number of nitrogens with zero attached hydrogens (tertiary/aromatic N) is 3. The number of rotatable bonds is 7. The van der Waals surface area contributed by atoms with Gasteiger partial charge in [0.2, 0.25) is 5.91 Å². The molecule has 0 bridgehead atoms. The maximum atomic E-state index is 13.6. The standard InChI is InChI=1S/C22H28N4O4S2/c1-13-5-6-15-16(10-13)32-19-18(15)20(28)26(12-14-4-2-8-30-14)22(24-19)31-9-3-7-25-17(27)11-23-21(25)29/h13-14H,2-12H2,1H3,(H,23,29). The Balaban J connectivity index is 1.40. The van der Waals surface area contributed by atoms with Crippen LogP contribution in [0.2, 0.25) is 0 Å². The summed E-state index contributed by atoms with van der Waals surface area (Å²) < 4.78 is 7.63. The Kier molecular flexibility index (Phi) is 6.26. The number of aromatic nitrogens is 2. The molecule has 2 fully saturated rings. The summed E-state index contributed by atoms with van der Waals surface area (Å²) in [5.74, 6) is 1.13. The van der Waals surface area contributed by atoms with E-state index in [9.17, 15) is 14.4 Å². The molecule has 4 heterocycles. The van der Waals surface area contributed by atoms with Gasteiger partial charge in [-0.25, -0.2) is 9.78 Å². The van der Waals surface area contributed by atoms with Gasteiger partial charge >= 0.3 is 6.03 Å². The van der Waals surface area contributed by atoms with Crippen molar-refractivity contribution < 1.29 is 14.3 Å². The fraction of sp³-hybridized carbons (Fsp3) is 0.636. The Hall–Kier alpha value is -1.91. The lowest BCUT2D eigenvalue weighted by molar-refractivity contribution is -0.124. The van der Waals surface area contributed by atoms with E-state index in [2.05, 4.69) is 12.2 Å². The third-order valence-corrected chi connectivity index (χ3v) is 8.70. The van der Waals surface area contributed by atoms with Crippen molar-refractivity contribution in [3.8, 4) is 0 Å². The molecule has 1 aliphatic carbocycles. The summed E-state index contributed by atoms with van der Waals surface area (Å²) in [6.07, 6.45) is 5.77. The number of hydrogen-bond donors (Lipinski definition) is 1. The highest BCUT2D eigenvalue weighted by molar-refractivity contribution is 7.99. The van der Waals surface area contributed by atoms with E-state index in [0.717, 1.165) is 48.9 Å². The predicted octanol–water partition coefficient (Wildman–Crippen LogP) is 2.80. The van der Waals surface area contributed by atoms with Crippen molar-refractivity contribution in [2.75, 3.05) is 25.4 Å². The fourth-order valence-corrected chi connectivity index (χ4v) is 7.09. The summed E-state index contributed by atoms with van der Waals surface area (Å²) in [6, 6.07) is -0.326. The maximum Gasteiger partial charge on any atom is 0.324 e. The first kappa shape index (κ1) is 21.9. The van der Waals surface area contributed by atoms with Gasteiger partial charge in [0.25, 0.3) is 5.56 Å². The van der Waals surface area contributed by atoms with E-state index in [1.54, 1.807) is 11.3 Å². The molecule has 0 radical (unpaired) electrons. The van der Waals surface area contributed by atoms with Crippen molar-refractivity contribution >= 4 is 45.3 Å². The van der Waals surface area contributed by atoms with Gasteiger partial charge in [0.1, 0.15) is 4.83 Å². The fourth-order valence-electron chi connectivity index (χ4n) is 4.74. The molecule has 3 amide bonds. The lowest BCUT2D eigenvalue weighted by Crippen LogP contribution is -2.32. The van der Waals surface area contributed by atoms with Crippen LogP contribution in [0.3, 0.4) is 0 Å². The van der Waals surface area contributed by atoms with E-state index in [0.29, 0.717) is 36.3 Å². The molecule has 0 spiro atoms. The summed E-state index contributed by atoms with van der Waals surface area (Å²) in [4.78, 5) is 45.5. The van der Waals surface area contributed by atoms with Crippen LogP contribution in [0.4, 0.5) is 4.79 Å². The summed E-state index contributed by atoms with van der Waals surface area (Å²) in [5, 5.41) is 4.06. The van der Waals surface area contributed by atoms with Crippen LogP contribution in [0.15, 0.2) is 9.95 Å². The number of nitrogens with one attached hydrogen (secondary N) is 1. The van der Waals surface area contributed by atoms with Gasteiger partial charge in [-0.05, 0) is 50.0 Å². The largest absolute Gasteiger partial charge is 0.376 e. The molecule has 3 aliphatic rings. The van der Waals surface area contributed by atoms with E-state index in [1.165, 1.54) is 27.1 Å². The minimum atomic E-state index is -0.326. The molecule has 32 heavy (non-hydrogen) atoms. The molecule has 172 valence electrons. The number of thiophene rings is 1. The Morgan fingerprint density at radius 2 is 2.16 bits per heavy atom. The Morgan fingerprint density at radius 1 is 1.28 bits per heavy atom. The Bertz CT molecular complexity index is 1090. The van der Waals surface area contributed by atoms with Crippen LogP contribution >= 0.6 is 23.1 Å². The number of amides is 3. The number of carbonyl (C=O) groups is 2. The first-order valence-electron chi connectivity index (χ1n) is 11.4. The van der Waals surface area contributed by atoms with Crippen LogP contribution in [0.5, 0.6) is 0 Å². The molecular weight excluding hydrogens is 448 g/mol. The highest BCUT2D eigenvalue weighted by Crippen LogP contribution is 2.36. The van der Waals surface area contributed by atoms with E-state index in [4.69, 9.17) is 9.72 Å². The lowest BCUT2D eigenvalue weighted by Gasteiger charge is -2.18. The average Bonchev–Trinajstić information content (AvgIpc) is 3.48. The Labute approximate surface area is 194 Å². The first-order valence-corrected chi connectivity index (χ1v) is 13.2. The molecule has 0 aromatic carbocycles. The monoisotopic (exact) mass is 476 g/mol. The SMILES string of the molecule is CC1CCc2c(sc3nc(SCCCN4C(=O)CNC4=O)n(CC4CCCO4)c(=O)c23)C1. The molecule has 2 atom stereocenters. The van der Waals surface area contributed by atoms with Gasteiger partial charge in [-0.1, -0.05) is 18.7 Å². The molecule has 2 unspecified atom stereocenters. The molecule has 2 saturated heterocycles. The Morgan fingerprint density at radius 3 is 2.91 bits per heavy atom. The lowest BCUT2D eigenvalue weighted by atomic mass is 9.89. The van der Waals surface area contributed by atoms with Crippen LogP contribution in [-0.4, -0.2) is 57.9 Å². The first-order chi connectivity index (χ1) is 15.5. The van der Waals surface area contributed by atoms with Gasteiger partial charge in [-0.2, -0.15) is 0 Å². The van der Waals surface area contributed by atoms with Gasteiger partial charge < -0.3 is 10.1 Å². The molecular formula is C22H28N4O4S2. The van der Waals surface area contributed by atoms with E-state index in [-0.39, 0.29) is 30.1 Å². The predicted molar refractivity (Wildman–Crippen MR) is 124 cm³/mol.